The van der Waals surface area contributed by atoms with Crippen molar-refractivity contribution in [2.24, 2.45) is 5.73 Å². The van der Waals surface area contributed by atoms with E-state index in [1.807, 2.05) is 11.8 Å². The lowest BCUT2D eigenvalue weighted by Crippen LogP contribution is -2.16. The van der Waals surface area contributed by atoms with E-state index in [-0.39, 0.29) is 0 Å². The SMILES string of the molecule is Cc1ccc2c(c1)CC(CSCCCN)O2. The Kier molecular flexibility index (Phi) is 4.13. The number of thioether (sulfide) groups is 1. The molecule has 2 N–H and O–H groups in total. The number of fused-ring (bicyclic) bond motifs is 1. The van der Waals surface area contributed by atoms with Gasteiger partial charge in [0.15, 0.2) is 0 Å². The lowest BCUT2D eigenvalue weighted by molar-refractivity contribution is 0.259. The van der Waals surface area contributed by atoms with Crippen LogP contribution < -0.4 is 10.5 Å². The summed E-state index contributed by atoms with van der Waals surface area (Å²) >= 11 is 1.94. The fourth-order valence-electron chi connectivity index (χ4n) is 1.94. The van der Waals surface area contributed by atoms with Gasteiger partial charge in [-0.3, -0.25) is 0 Å². The largest absolute Gasteiger partial charge is 0.489 e. The van der Waals surface area contributed by atoms with E-state index in [0.717, 1.165) is 36.6 Å². The van der Waals surface area contributed by atoms with E-state index in [4.69, 9.17) is 10.5 Å². The van der Waals surface area contributed by atoms with Crippen LogP contribution in [-0.2, 0) is 6.42 Å². The second-order valence-electron chi connectivity index (χ2n) is 4.27. The minimum Gasteiger partial charge on any atom is -0.489 e. The summed E-state index contributed by atoms with van der Waals surface area (Å²) in [5.74, 6) is 3.30. The summed E-state index contributed by atoms with van der Waals surface area (Å²) in [6, 6.07) is 6.44. The van der Waals surface area contributed by atoms with Crippen LogP contribution in [0.15, 0.2) is 18.2 Å². The molecule has 2 nitrogen and oxygen atoms in total. The summed E-state index contributed by atoms with van der Waals surface area (Å²) in [4.78, 5) is 0. The Balaban J connectivity index is 1.81. The van der Waals surface area contributed by atoms with E-state index in [2.05, 4.69) is 25.1 Å². The molecule has 1 aliphatic heterocycles. The smallest absolute Gasteiger partial charge is 0.123 e. The van der Waals surface area contributed by atoms with E-state index >= 15 is 0 Å². The van der Waals surface area contributed by atoms with Gasteiger partial charge in [0.05, 0.1) is 0 Å². The molecule has 1 aliphatic rings. The molecule has 1 unspecified atom stereocenters. The highest BCUT2D eigenvalue weighted by molar-refractivity contribution is 7.99. The molecule has 0 fully saturated rings. The fraction of sp³-hybridized carbons (Fsp3) is 0.538. The molecule has 0 radical (unpaired) electrons. The normalized spacial score (nSPS) is 18.2. The number of aryl methyl sites for hydroxylation is 1. The third-order valence-corrected chi connectivity index (χ3v) is 3.94. The first-order valence-electron chi connectivity index (χ1n) is 5.83. The molecule has 0 aliphatic carbocycles. The van der Waals surface area contributed by atoms with Gasteiger partial charge < -0.3 is 10.5 Å². The van der Waals surface area contributed by atoms with E-state index in [0.29, 0.717) is 6.10 Å². The average Bonchev–Trinajstić information content (AvgIpc) is 2.66. The summed E-state index contributed by atoms with van der Waals surface area (Å²) in [6.45, 7) is 2.92. The molecular weight excluding hydrogens is 218 g/mol. The topological polar surface area (TPSA) is 35.2 Å². The minimum absolute atomic E-state index is 0.361. The average molecular weight is 237 g/mol. The molecule has 0 aromatic heterocycles. The van der Waals surface area contributed by atoms with Crippen molar-refractivity contribution in [1.29, 1.82) is 0 Å². The van der Waals surface area contributed by atoms with Gasteiger partial charge in [0.2, 0.25) is 0 Å². The van der Waals surface area contributed by atoms with Crippen LogP contribution in [0.25, 0.3) is 0 Å². The van der Waals surface area contributed by atoms with Crippen molar-refractivity contribution in [3.05, 3.63) is 29.3 Å². The van der Waals surface area contributed by atoms with Gasteiger partial charge in [-0.05, 0) is 37.3 Å². The molecule has 0 spiro atoms. The first-order valence-corrected chi connectivity index (χ1v) is 6.99. The number of rotatable bonds is 5. The van der Waals surface area contributed by atoms with Gasteiger partial charge in [-0.2, -0.15) is 11.8 Å². The van der Waals surface area contributed by atoms with Gasteiger partial charge in [-0.15, -0.1) is 0 Å². The Bertz CT molecular complexity index is 354. The number of hydrogen-bond donors (Lipinski definition) is 1. The van der Waals surface area contributed by atoms with E-state index < -0.39 is 0 Å². The zero-order chi connectivity index (χ0) is 11.4. The van der Waals surface area contributed by atoms with Crippen LogP contribution in [0.5, 0.6) is 5.75 Å². The molecule has 3 heteroatoms. The molecule has 0 saturated carbocycles. The molecule has 88 valence electrons. The van der Waals surface area contributed by atoms with Gasteiger partial charge in [0.25, 0.3) is 0 Å². The van der Waals surface area contributed by atoms with Crippen molar-refractivity contribution in [1.82, 2.24) is 0 Å². The molecule has 2 rings (SSSR count). The highest BCUT2D eigenvalue weighted by atomic mass is 32.2. The van der Waals surface area contributed by atoms with Gasteiger partial charge in [-0.1, -0.05) is 17.7 Å². The van der Waals surface area contributed by atoms with Crippen molar-refractivity contribution in [3.63, 3.8) is 0 Å². The van der Waals surface area contributed by atoms with E-state index in [1.54, 1.807) is 0 Å². The zero-order valence-corrected chi connectivity index (χ0v) is 10.6. The van der Waals surface area contributed by atoms with Crippen LogP contribution in [0.4, 0.5) is 0 Å². The van der Waals surface area contributed by atoms with E-state index in [1.165, 1.54) is 11.1 Å². The van der Waals surface area contributed by atoms with Crippen molar-refractivity contribution < 1.29 is 4.74 Å². The number of ether oxygens (including phenoxy) is 1. The summed E-state index contributed by atoms with van der Waals surface area (Å²) in [7, 11) is 0. The number of benzene rings is 1. The van der Waals surface area contributed by atoms with Crippen molar-refractivity contribution in [3.8, 4) is 5.75 Å². The van der Waals surface area contributed by atoms with Gasteiger partial charge in [0.1, 0.15) is 11.9 Å². The zero-order valence-electron chi connectivity index (χ0n) is 9.74. The maximum Gasteiger partial charge on any atom is 0.123 e. The highest BCUT2D eigenvalue weighted by Gasteiger charge is 2.22. The maximum absolute atomic E-state index is 5.89. The summed E-state index contributed by atoms with van der Waals surface area (Å²) in [5.41, 5.74) is 8.15. The standard InChI is InChI=1S/C13H19NOS/c1-10-3-4-13-11(7-10)8-12(15-13)9-16-6-2-5-14/h3-4,7,12H,2,5-6,8-9,14H2,1H3. The third-order valence-electron chi connectivity index (χ3n) is 2.75. The monoisotopic (exact) mass is 237 g/mol. The van der Waals surface area contributed by atoms with Crippen molar-refractivity contribution in [2.45, 2.75) is 25.9 Å². The van der Waals surface area contributed by atoms with Gasteiger partial charge in [-0.25, -0.2) is 0 Å². The summed E-state index contributed by atoms with van der Waals surface area (Å²) < 4.78 is 5.89. The van der Waals surface area contributed by atoms with Gasteiger partial charge >= 0.3 is 0 Å². The Morgan fingerprint density at radius 2 is 2.38 bits per heavy atom. The predicted octanol–water partition coefficient (Wildman–Crippen LogP) is 2.38. The lowest BCUT2D eigenvalue weighted by Gasteiger charge is -2.09. The first kappa shape index (κ1) is 11.8. The second-order valence-corrected chi connectivity index (χ2v) is 5.42. The molecule has 1 atom stereocenters. The Morgan fingerprint density at radius 3 is 3.19 bits per heavy atom. The Labute approximate surface area is 102 Å². The third kappa shape index (κ3) is 2.92. The molecule has 1 heterocycles. The van der Waals surface area contributed by atoms with Crippen LogP contribution in [-0.4, -0.2) is 24.2 Å². The predicted molar refractivity (Wildman–Crippen MR) is 70.3 cm³/mol. The van der Waals surface area contributed by atoms with E-state index in [9.17, 15) is 0 Å². The number of nitrogens with two attached hydrogens (primary N) is 1. The van der Waals surface area contributed by atoms with Crippen molar-refractivity contribution in [2.75, 3.05) is 18.1 Å². The fourth-order valence-corrected chi connectivity index (χ4v) is 2.93. The number of hydrogen-bond acceptors (Lipinski definition) is 3. The van der Waals surface area contributed by atoms with Crippen molar-refractivity contribution >= 4 is 11.8 Å². The quantitative estimate of drug-likeness (QED) is 0.799. The lowest BCUT2D eigenvalue weighted by atomic mass is 10.1. The summed E-state index contributed by atoms with van der Waals surface area (Å²) in [6.07, 6.45) is 2.52. The molecule has 0 amide bonds. The van der Waals surface area contributed by atoms with Crippen LogP contribution >= 0.6 is 11.8 Å². The van der Waals surface area contributed by atoms with Crippen LogP contribution in [0.2, 0.25) is 0 Å². The maximum atomic E-state index is 5.89. The second kappa shape index (κ2) is 5.60. The molecule has 0 saturated heterocycles. The molecule has 16 heavy (non-hydrogen) atoms. The van der Waals surface area contributed by atoms with Crippen LogP contribution in [0.1, 0.15) is 17.5 Å². The first-order chi connectivity index (χ1) is 7.79. The highest BCUT2D eigenvalue weighted by Crippen LogP contribution is 2.30. The molecule has 0 bridgehead atoms. The molecular formula is C13H19NOS. The summed E-state index contributed by atoms with van der Waals surface area (Å²) in [5, 5.41) is 0. The van der Waals surface area contributed by atoms with Crippen LogP contribution in [0.3, 0.4) is 0 Å². The molecule has 1 aromatic rings. The van der Waals surface area contributed by atoms with Crippen LogP contribution in [0, 0.1) is 6.92 Å². The molecule has 1 aromatic carbocycles. The Hall–Kier alpha value is -0.670. The Morgan fingerprint density at radius 1 is 1.50 bits per heavy atom. The minimum atomic E-state index is 0.361. The van der Waals surface area contributed by atoms with Gasteiger partial charge in [0, 0.05) is 12.2 Å².